The molecular weight excluding hydrogens is 238 g/mol. The lowest BCUT2D eigenvalue weighted by molar-refractivity contribution is 0.147. The summed E-state index contributed by atoms with van der Waals surface area (Å²) in [6.07, 6.45) is 3.78. The number of aliphatic hydroxyl groups is 1. The van der Waals surface area contributed by atoms with Crippen LogP contribution in [0.15, 0.2) is 47.3 Å². The Kier molecular flexibility index (Phi) is 4.77. The van der Waals surface area contributed by atoms with Crippen LogP contribution in [-0.4, -0.2) is 23.6 Å². The Hall–Kier alpha value is -1.58. The van der Waals surface area contributed by atoms with Gasteiger partial charge in [-0.1, -0.05) is 29.8 Å². The van der Waals surface area contributed by atoms with E-state index in [0.29, 0.717) is 0 Å². The van der Waals surface area contributed by atoms with Gasteiger partial charge < -0.3 is 14.4 Å². The molecule has 1 N–H and O–H groups in total. The molecule has 0 amide bonds. The van der Waals surface area contributed by atoms with Gasteiger partial charge in [-0.2, -0.15) is 0 Å². The van der Waals surface area contributed by atoms with Crippen molar-refractivity contribution in [2.45, 2.75) is 26.0 Å². The summed E-state index contributed by atoms with van der Waals surface area (Å²) in [5.41, 5.74) is 3.36. The highest BCUT2D eigenvalue weighted by Gasteiger charge is 2.09. The highest BCUT2D eigenvalue weighted by atomic mass is 16.3. The summed E-state index contributed by atoms with van der Waals surface area (Å²) < 4.78 is 5.05. The van der Waals surface area contributed by atoms with Crippen molar-refractivity contribution in [3.8, 4) is 0 Å². The Bertz CT molecular complexity index is 476. The number of hydrogen-bond donors (Lipinski definition) is 1. The third kappa shape index (κ3) is 4.23. The van der Waals surface area contributed by atoms with Crippen LogP contribution >= 0.6 is 0 Å². The maximum atomic E-state index is 10.1. The van der Waals surface area contributed by atoms with Gasteiger partial charge in [-0.25, -0.2) is 0 Å². The van der Waals surface area contributed by atoms with Crippen molar-refractivity contribution in [1.82, 2.24) is 4.90 Å². The smallest absolute Gasteiger partial charge is 0.0947 e. The number of benzene rings is 1. The van der Waals surface area contributed by atoms with Gasteiger partial charge in [0.2, 0.25) is 0 Å². The van der Waals surface area contributed by atoms with Crippen molar-refractivity contribution in [1.29, 1.82) is 0 Å². The van der Waals surface area contributed by atoms with Crippen molar-refractivity contribution in [3.05, 3.63) is 59.5 Å². The Morgan fingerprint density at radius 2 is 1.95 bits per heavy atom. The number of hydrogen-bond acceptors (Lipinski definition) is 3. The molecule has 0 spiro atoms. The maximum Gasteiger partial charge on any atom is 0.0947 e. The summed E-state index contributed by atoms with van der Waals surface area (Å²) in [7, 11) is 2.05. The van der Waals surface area contributed by atoms with Gasteiger partial charge in [0.1, 0.15) is 0 Å². The van der Waals surface area contributed by atoms with Crippen molar-refractivity contribution in [2.24, 2.45) is 0 Å². The van der Waals surface area contributed by atoms with Gasteiger partial charge in [-0.15, -0.1) is 0 Å². The van der Waals surface area contributed by atoms with E-state index < -0.39 is 6.10 Å². The molecule has 1 heterocycles. The largest absolute Gasteiger partial charge is 0.472 e. The number of rotatable bonds is 6. The first-order chi connectivity index (χ1) is 9.15. The van der Waals surface area contributed by atoms with Crippen LogP contribution in [-0.2, 0) is 6.54 Å². The molecule has 3 heteroatoms. The molecule has 102 valence electrons. The van der Waals surface area contributed by atoms with Gasteiger partial charge in [0, 0.05) is 18.7 Å². The highest BCUT2D eigenvalue weighted by molar-refractivity contribution is 5.23. The minimum atomic E-state index is -0.396. The van der Waals surface area contributed by atoms with Crippen LogP contribution in [0.5, 0.6) is 0 Å². The Labute approximate surface area is 114 Å². The predicted molar refractivity (Wildman–Crippen MR) is 75.8 cm³/mol. The van der Waals surface area contributed by atoms with Crippen LogP contribution < -0.4 is 0 Å². The van der Waals surface area contributed by atoms with Gasteiger partial charge in [0.05, 0.1) is 18.6 Å². The Balaban J connectivity index is 1.79. The fraction of sp³-hybridized carbons (Fsp3) is 0.375. The molecule has 0 aliphatic carbocycles. The van der Waals surface area contributed by atoms with Crippen LogP contribution in [0.1, 0.15) is 29.2 Å². The Morgan fingerprint density at radius 1 is 1.21 bits per heavy atom. The fourth-order valence-electron chi connectivity index (χ4n) is 2.07. The zero-order valence-corrected chi connectivity index (χ0v) is 11.5. The third-order valence-corrected chi connectivity index (χ3v) is 3.28. The van der Waals surface area contributed by atoms with Crippen molar-refractivity contribution in [2.75, 3.05) is 13.6 Å². The van der Waals surface area contributed by atoms with E-state index in [0.717, 1.165) is 30.6 Å². The number of aliphatic hydroxyl groups excluding tert-OH is 1. The van der Waals surface area contributed by atoms with Crippen molar-refractivity contribution >= 4 is 0 Å². The first-order valence-electron chi connectivity index (χ1n) is 6.59. The van der Waals surface area contributed by atoms with E-state index in [-0.39, 0.29) is 0 Å². The van der Waals surface area contributed by atoms with E-state index >= 15 is 0 Å². The third-order valence-electron chi connectivity index (χ3n) is 3.28. The standard InChI is InChI=1S/C16H21NO2/c1-13-3-5-15(6-4-13)16(18)7-9-17(2)11-14-8-10-19-12-14/h3-6,8,10,12,16,18H,7,9,11H2,1-2H3. The quantitative estimate of drug-likeness (QED) is 0.865. The summed E-state index contributed by atoms with van der Waals surface area (Å²) in [5, 5.41) is 10.1. The monoisotopic (exact) mass is 259 g/mol. The highest BCUT2D eigenvalue weighted by Crippen LogP contribution is 2.17. The molecule has 0 aliphatic rings. The molecule has 19 heavy (non-hydrogen) atoms. The Morgan fingerprint density at radius 3 is 2.58 bits per heavy atom. The molecule has 1 unspecified atom stereocenters. The molecule has 1 atom stereocenters. The second-order valence-corrected chi connectivity index (χ2v) is 5.08. The minimum Gasteiger partial charge on any atom is -0.472 e. The first kappa shape index (κ1) is 13.8. The summed E-state index contributed by atoms with van der Waals surface area (Å²) in [5.74, 6) is 0. The number of nitrogens with zero attached hydrogens (tertiary/aromatic N) is 1. The summed E-state index contributed by atoms with van der Waals surface area (Å²) in [4.78, 5) is 2.18. The molecule has 0 bridgehead atoms. The van der Waals surface area contributed by atoms with Crippen LogP contribution in [0.3, 0.4) is 0 Å². The zero-order valence-electron chi connectivity index (χ0n) is 11.5. The lowest BCUT2D eigenvalue weighted by Gasteiger charge is -2.18. The topological polar surface area (TPSA) is 36.6 Å². The van der Waals surface area contributed by atoms with Crippen molar-refractivity contribution in [3.63, 3.8) is 0 Å². The molecule has 1 aromatic heterocycles. The van der Waals surface area contributed by atoms with E-state index in [9.17, 15) is 5.11 Å². The average Bonchev–Trinajstić information content (AvgIpc) is 2.89. The van der Waals surface area contributed by atoms with Crippen LogP contribution in [0, 0.1) is 6.92 Å². The van der Waals surface area contributed by atoms with Gasteiger partial charge in [0.15, 0.2) is 0 Å². The lowest BCUT2D eigenvalue weighted by atomic mass is 10.0. The molecule has 0 saturated heterocycles. The molecule has 2 rings (SSSR count). The molecule has 1 aromatic carbocycles. The summed E-state index contributed by atoms with van der Waals surface area (Å²) in [6.45, 7) is 3.74. The lowest BCUT2D eigenvalue weighted by Crippen LogP contribution is -2.20. The van der Waals surface area contributed by atoms with E-state index in [2.05, 4.69) is 18.9 Å². The van der Waals surface area contributed by atoms with Crippen LogP contribution in [0.25, 0.3) is 0 Å². The SMILES string of the molecule is Cc1ccc(C(O)CCN(C)Cc2ccoc2)cc1. The average molecular weight is 259 g/mol. The normalized spacial score (nSPS) is 12.8. The molecular formula is C16H21NO2. The second kappa shape index (κ2) is 6.55. The molecule has 0 fully saturated rings. The van der Waals surface area contributed by atoms with E-state index in [1.54, 1.807) is 12.5 Å². The number of aryl methyl sites for hydroxylation is 1. The summed E-state index contributed by atoms with van der Waals surface area (Å²) in [6, 6.07) is 10.0. The minimum absolute atomic E-state index is 0.396. The molecule has 3 nitrogen and oxygen atoms in total. The van der Waals surface area contributed by atoms with Crippen molar-refractivity contribution < 1.29 is 9.52 Å². The van der Waals surface area contributed by atoms with E-state index in [1.165, 1.54) is 5.56 Å². The molecule has 0 aliphatic heterocycles. The van der Waals surface area contributed by atoms with Gasteiger partial charge in [-0.05, 0) is 32.0 Å². The van der Waals surface area contributed by atoms with Gasteiger partial charge in [-0.3, -0.25) is 0 Å². The van der Waals surface area contributed by atoms with Gasteiger partial charge in [0.25, 0.3) is 0 Å². The first-order valence-corrected chi connectivity index (χ1v) is 6.59. The van der Waals surface area contributed by atoms with E-state index in [1.807, 2.05) is 30.3 Å². The molecule has 0 saturated carbocycles. The predicted octanol–water partition coefficient (Wildman–Crippen LogP) is 3.14. The van der Waals surface area contributed by atoms with E-state index in [4.69, 9.17) is 4.42 Å². The second-order valence-electron chi connectivity index (χ2n) is 5.08. The van der Waals surface area contributed by atoms with Gasteiger partial charge >= 0.3 is 0 Å². The summed E-state index contributed by atoms with van der Waals surface area (Å²) >= 11 is 0. The molecule has 2 aromatic rings. The molecule has 0 radical (unpaired) electrons. The number of furan rings is 1. The van der Waals surface area contributed by atoms with Crippen LogP contribution in [0.4, 0.5) is 0 Å². The maximum absolute atomic E-state index is 10.1. The zero-order chi connectivity index (χ0) is 13.7. The fourth-order valence-corrected chi connectivity index (χ4v) is 2.07. The van der Waals surface area contributed by atoms with Crippen LogP contribution in [0.2, 0.25) is 0 Å².